The van der Waals surface area contributed by atoms with Crippen molar-refractivity contribution in [1.29, 1.82) is 5.26 Å². The molecular formula is C17H22N4. The van der Waals surface area contributed by atoms with Crippen molar-refractivity contribution in [1.82, 2.24) is 9.55 Å². The van der Waals surface area contributed by atoms with Gasteiger partial charge in [0.05, 0.1) is 11.6 Å². The first-order valence-corrected chi connectivity index (χ1v) is 7.31. The highest BCUT2D eigenvalue weighted by Gasteiger charge is 2.20. The van der Waals surface area contributed by atoms with Crippen LogP contribution in [0, 0.1) is 17.2 Å². The summed E-state index contributed by atoms with van der Waals surface area (Å²) >= 11 is 0. The number of benzene rings is 1. The van der Waals surface area contributed by atoms with Gasteiger partial charge in [0.15, 0.2) is 0 Å². The molecule has 4 nitrogen and oxygen atoms in total. The Labute approximate surface area is 126 Å². The number of nitrogens with zero attached hydrogens (tertiary/aromatic N) is 3. The maximum atomic E-state index is 9.28. The van der Waals surface area contributed by atoms with Crippen LogP contribution in [-0.4, -0.2) is 9.55 Å². The molecule has 0 bridgehead atoms. The summed E-state index contributed by atoms with van der Waals surface area (Å²) in [6, 6.07) is 9.68. The zero-order chi connectivity index (χ0) is 15.6. The third-order valence-corrected chi connectivity index (χ3v) is 3.40. The highest BCUT2D eigenvalue weighted by molar-refractivity contribution is 5.76. The van der Waals surface area contributed by atoms with Crippen molar-refractivity contribution in [2.75, 3.05) is 5.73 Å². The van der Waals surface area contributed by atoms with Crippen LogP contribution in [0.5, 0.6) is 0 Å². The second kappa shape index (κ2) is 6.01. The number of anilines is 1. The number of nitrogen functional groups attached to an aromatic ring is 1. The molecule has 0 saturated carbocycles. The number of nitrogens with two attached hydrogens (primary N) is 1. The summed E-state index contributed by atoms with van der Waals surface area (Å²) in [4.78, 5) is 4.73. The van der Waals surface area contributed by atoms with E-state index in [1.165, 1.54) is 0 Å². The topological polar surface area (TPSA) is 67.6 Å². The molecule has 0 fully saturated rings. The molecule has 2 rings (SSSR count). The van der Waals surface area contributed by atoms with Gasteiger partial charge < -0.3 is 10.3 Å². The average Bonchev–Trinajstić information content (AvgIpc) is 2.76. The van der Waals surface area contributed by atoms with E-state index in [9.17, 15) is 5.26 Å². The van der Waals surface area contributed by atoms with Crippen molar-refractivity contribution in [3.05, 3.63) is 35.7 Å². The molecule has 0 radical (unpaired) electrons. The number of hydrogen-bond acceptors (Lipinski definition) is 3. The maximum Gasteiger partial charge on any atom is 0.131 e. The molecule has 1 aromatic heterocycles. The van der Waals surface area contributed by atoms with Gasteiger partial charge in [-0.15, -0.1) is 0 Å². The normalized spacial score (nSPS) is 11.1. The van der Waals surface area contributed by atoms with Crippen LogP contribution in [0.3, 0.4) is 0 Å². The predicted molar refractivity (Wildman–Crippen MR) is 85.7 cm³/mol. The fraction of sp³-hybridized carbons (Fsp3) is 0.412. The summed E-state index contributed by atoms with van der Waals surface area (Å²) < 4.78 is 2.08. The molecule has 0 aliphatic heterocycles. The third-order valence-electron chi connectivity index (χ3n) is 3.40. The number of rotatable bonds is 4. The van der Waals surface area contributed by atoms with Crippen molar-refractivity contribution < 1.29 is 0 Å². The Balaban J connectivity index is 2.63. The molecule has 4 heteroatoms. The first kappa shape index (κ1) is 15.1. The van der Waals surface area contributed by atoms with Crippen LogP contribution in [0.1, 0.15) is 45.0 Å². The SMILES string of the molecule is CC(C)Cn1c(C(C)C)nc(-c2ccccc2C#N)c1N. The highest BCUT2D eigenvalue weighted by Crippen LogP contribution is 2.31. The van der Waals surface area contributed by atoms with E-state index in [1.54, 1.807) is 6.07 Å². The third kappa shape index (κ3) is 2.92. The van der Waals surface area contributed by atoms with Crippen LogP contribution in [0.2, 0.25) is 0 Å². The van der Waals surface area contributed by atoms with Crippen LogP contribution in [0.25, 0.3) is 11.3 Å². The van der Waals surface area contributed by atoms with Crippen molar-refractivity contribution in [2.24, 2.45) is 5.92 Å². The summed E-state index contributed by atoms with van der Waals surface area (Å²) in [6.45, 7) is 9.37. The number of aromatic nitrogens is 2. The number of imidazole rings is 1. The summed E-state index contributed by atoms with van der Waals surface area (Å²) in [5.74, 6) is 2.39. The lowest BCUT2D eigenvalue weighted by atomic mass is 10.1. The van der Waals surface area contributed by atoms with Gasteiger partial charge in [-0.1, -0.05) is 45.9 Å². The van der Waals surface area contributed by atoms with Gasteiger partial charge in [0.1, 0.15) is 17.3 Å². The molecule has 2 N–H and O–H groups in total. The van der Waals surface area contributed by atoms with E-state index in [0.717, 1.165) is 23.6 Å². The quantitative estimate of drug-likeness (QED) is 0.927. The molecule has 1 heterocycles. The molecule has 0 atom stereocenters. The first-order valence-electron chi connectivity index (χ1n) is 7.31. The van der Waals surface area contributed by atoms with E-state index < -0.39 is 0 Å². The monoisotopic (exact) mass is 282 g/mol. The zero-order valence-electron chi connectivity index (χ0n) is 13.1. The molecule has 0 aliphatic carbocycles. The predicted octanol–water partition coefficient (Wildman–Crippen LogP) is 3.78. The van der Waals surface area contributed by atoms with Gasteiger partial charge in [-0.05, 0) is 12.0 Å². The van der Waals surface area contributed by atoms with Gasteiger partial charge in [0, 0.05) is 18.0 Å². The van der Waals surface area contributed by atoms with Gasteiger partial charge in [0.2, 0.25) is 0 Å². The summed E-state index contributed by atoms with van der Waals surface area (Å²) in [6.07, 6.45) is 0. The minimum Gasteiger partial charge on any atom is -0.383 e. The number of hydrogen-bond donors (Lipinski definition) is 1. The van der Waals surface area contributed by atoms with E-state index in [1.807, 2.05) is 18.2 Å². The molecule has 0 aliphatic rings. The Hall–Kier alpha value is -2.28. The largest absolute Gasteiger partial charge is 0.383 e. The Morgan fingerprint density at radius 1 is 1.24 bits per heavy atom. The average molecular weight is 282 g/mol. The van der Waals surface area contributed by atoms with E-state index in [-0.39, 0.29) is 5.92 Å². The van der Waals surface area contributed by atoms with Crippen LogP contribution in [-0.2, 0) is 6.54 Å². The van der Waals surface area contributed by atoms with Gasteiger partial charge >= 0.3 is 0 Å². The summed E-state index contributed by atoms with van der Waals surface area (Å²) in [5, 5.41) is 9.28. The lowest BCUT2D eigenvalue weighted by Gasteiger charge is -2.14. The molecule has 0 saturated heterocycles. The molecule has 21 heavy (non-hydrogen) atoms. The first-order chi connectivity index (χ1) is 9.95. The van der Waals surface area contributed by atoms with Crippen molar-refractivity contribution in [3.63, 3.8) is 0 Å². The minimum atomic E-state index is 0.286. The standard InChI is InChI=1S/C17H22N4/c1-11(2)10-21-16(19)15(20-17(21)12(3)4)14-8-6-5-7-13(14)9-18/h5-8,11-12H,10,19H2,1-4H3. The number of nitriles is 1. The molecule has 0 unspecified atom stereocenters. The molecule has 1 aromatic carbocycles. The molecule has 0 spiro atoms. The fourth-order valence-corrected chi connectivity index (χ4v) is 2.47. The van der Waals surface area contributed by atoms with Crippen LogP contribution >= 0.6 is 0 Å². The lowest BCUT2D eigenvalue weighted by molar-refractivity contribution is 0.502. The van der Waals surface area contributed by atoms with Crippen LogP contribution in [0.15, 0.2) is 24.3 Å². The zero-order valence-corrected chi connectivity index (χ0v) is 13.1. The van der Waals surface area contributed by atoms with Gasteiger partial charge in [-0.2, -0.15) is 5.26 Å². The van der Waals surface area contributed by atoms with Gasteiger partial charge in [0.25, 0.3) is 0 Å². The van der Waals surface area contributed by atoms with Crippen molar-refractivity contribution in [2.45, 2.75) is 40.2 Å². The highest BCUT2D eigenvalue weighted by atomic mass is 15.1. The Bertz CT molecular complexity index is 675. The lowest BCUT2D eigenvalue weighted by Crippen LogP contribution is -2.12. The molecular weight excluding hydrogens is 260 g/mol. The second-order valence-corrected chi connectivity index (χ2v) is 6.02. The molecule has 0 amide bonds. The van der Waals surface area contributed by atoms with Crippen molar-refractivity contribution >= 4 is 5.82 Å². The Morgan fingerprint density at radius 3 is 2.48 bits per heavy atom. The fourth-order valence-electron chi connectivity index (χ4n) is 2.47. The summed E-state index contributed by atoms with van der Waals surface area (Å²) in [7, 11) is 0. The maximum absolute atomic E-state index is 9.28. The smallest absolute Gasteiger partial charge is 0.131 e. The van der Waals surface area contributed by atoms with E-state index in [2.05, 4.69) is 38.3 Å². The Morgan fingerprint density at radius 2 is 1.90 bits per heavy atom. The van der Waals surface area contributed by atoms with Crippen LogP contribution < -0.4 is 5.73 Å². The van der Waals surface area contributed by atoms with Gasteiger partial charge in [-0.25, -0.2) is 4.98 Å². The van der Waals surface area contributed by atoms with Crippen LogP contribution in [0.4, 0.5) is 5.82 Å². The van der Waals surface area contributed by atoms with E-state index >= 15 is 0 Å². The van der Waals surface area contributed by atoms with E-state index in [4.69, 9.17) is 10.7 Å². The minimum absolute atomic E-state index is 0.286. The van der Waals surface area contributed by atoms with Crippen molar-refractivity contribution in [3.8, 4) is 17.3 Å². The molecule has 2 aromatic rings. The summed E-state index contributed by atoms with van der Waals surface area (Å²) in [5.41, 5.74) is 8.47. The van der Waals surface area contributed by atoms with E-state index in [0.29, 0.717) is 17.3 Å². The Kier molecular flexibility index (Phi) is 4.32. The van der Waals surface area contributed by atoms with Gasteiger partial charge in [-0.3, -0.25) is 0 Å². The second-order valence-electron chi connectivity index (χ2n) is 6.02. The molecule has 110 valence electrons.